The van der Waals surface area contributed by atoms with Gasteiger partial charge in [-0.2, -0.15) is 5.10 Å². The molecule has 0 amide bonds. The van der Waals surface area contributed by atoms with Crippen molar-refractivity contribution in [3.8, 4) is 17.1 Å². The summed E-state index contributed by atoms with van der Waals surface area (Å²) in [4.78, 5) is 0. The average Bonchev–Trinajstić information content (AvgIpc) is 2.98. The first-order valence-electron chi connectivity index (χ1n) is 6.12. The van der Waals surface area contributed by atoms with Crippen LogP contribution in [0.4, 0.5) is 5.82 Å². The zero-order valence-electron chi connectivity index (χ0n) is 10.9. The van der Waals surface area contributed by atoms with Crippen LogP contribution in [0.5, 0.6) is 0 Å². The molecule has 2 aromatic heterocycles. The molecule has 1 aromatic carbocycles. The maximum absolute atomic E-state index is 6.05. The van der Waals surface area contributed by atoms with Gasteiger partial charge in [0.1, 0.15) is 11.5 Å². The highest BCUT2D eigenvalue weighted by molar-refractivity contribution is 5.59. The van der Waals surface area contributed by atoms with E-state index in [2.05, 4.69) is 31.1 Å². The van der Waals surface area contributed by atoms with E-state index in [0.717, 1.165) is 22.7 Å². The number of furan rings is 1. The average molecular weight is 253 g/mol. The molecule has 3 aromatic rings. The predicted octanol–water partition coefficient (Wildman–Crippen LogP) is 3.33. The highest BCUT2D eigenvalue weighted by Crippen LogP contribution is 2.24. The van der Waals surface area contributed by atoms with Gasteiger partial charge in [-0.25, -0.2) is 4.68 Å². The molecule has 4 heteroatoms. The summed E-state index contributed by atoms with van der Waals surface area (Å²) in [7, 11) is 0. The van der Waals surface area contributed by atoms with Crippen molar-refractivity contribution in [3.05, 3.63) is 53.8 Å². The number of rotatable bonds is 2. The lowest BCUT2D eigenvalue weighted by Crippen LogP contribution is -2.03. The van der Waals surface area contributed by atoms with Crippen LogP contribution in [0.2, 0.25) is 0 Å². The lowest BCUT2D eigenvalue weighted by Gasteiger charge is -2.08. The molecule has 0 radical (unpaired) electrons. The van der Waals surface area contributed by atoms with Crippen molar-refractivity contribution in [1.29, 1.82) is 0 Å². The Balaban J connectivity index is 2.11. The minimum Gasteiger partial charge on any atom is -0.463 e. The van der Waals surface area contributed by atoms with Crippen LogP contribution >= 0.6 is 0 Å². The van der Waals surface area contributed by atoms with Crippen LogP contribution in [-0.4, -0.2) is 9.78 Å². The minimum absolute atomic E-state index is 0.596. The van der Waals surface area contributed by atoms with E-state index in [-0.39, 0.29) is 0 Å². The molecule has 0 aliphatic heterocycles. The second kappa shape index (κ2) is 4.31. The molecule has 0 saturated heterocycles. The topological polar surface area (TPSA) is 57.0 Å². The molecule has 19 heavy (non-hydrogen) atoms. The van der Waals surface area contributed by atoms with Crippen molar-refractivity contribution in [2.45, 2.75) is 13.8 Å². The van der Waals surface area contributed by atoms with E-state index in [1.165, 1.54) is 5.56 Å². The van der Waals surface area contributed by atoms with E-state index >= 15 is 0 Å². The van der Waals surface area contributed by atoms with E-state index in [4.69, 9.17) is 10.2 Å². The Morgan fingerprint density at radius 3 is 2.68 bits per heavy atom. The molecule has 0 unspecified atom stereocenters. The van der Waals surface area contributed by atoms with Crippen molar-refractivity contribution >= 4 is 5.82 Å². The molecular weight excluding hydrogens is 238 g/mol. The maximum Gasteiger partial charge on any atom is 0.154 e. The number of nitrogens with zero attached hydrogens (tertiary/aromatic N) is 2. The Kier molecular flexibility index (Phi) is 2.63. The molecule has 2 heterocycles. The number of benzene rings is 1. The van der Waals surface area contributed by atoms with Crippen LogP contribution in [0.1, 0.15) is 11.1 Å². The first-order valence-corrected chi connectivity index (χ1v) is 6.12. The molecule has 4 nitrogen and oxygen atoms in total. The standard InChI is InChI=1S/C15H15N3O/c1-10-5-6-13(11(2)8-10)18-15(16)9-12(17-18)14-4-3-7-19-14/h3-9H,16H2,1-2H3. The lowest BCUT2D eigenvalue weighted by atomic mass is 10.1. The molecule has 0 spiro atoms. The summed E-state index contributed by atoms with van der Waals surface area (Å²) in [6.45, 7) is 4.12. The molecule has 0 aliphatic carbocycles. The van der Waals surface area contributed by atoms with Crippen LogP contribution < -0.4 is 5.73 Å². The quantitative estimate of drug-likeness (QED) is 0.762. The Morgan fingerprint density at radius 2 is 2.00 bits per heavy atom. The van der Waals surface area contributed by atoms with Gasteiger partial charge in [0.05, 0.1) is 12.0 Å². The Bertz CT molecular complexity index is 711. The van der Waals surface area contributed by atoms with Crippen LogP contribution in [0.15, 0.2) is 47.1 Å². The molecular formula is C15H15N3O. The first-order chi connectivity index (χ1) is 9.15. The Hall–Kier alpha value is -2.49. The SMILES string of the molecule is Cc1ccc(-n2nc(-c3ccco3)cc2N)c(C)c1. The molecule has 0 aliphatic rings. The van der Waals surface area contributed by atoms with E-state index in [9.17, 15) is 0 Å². The van der Waals surface area contributed by atoms with Crippen LogP contribution in [0.3, 0.4) is 0 Å². The number of nitrogen functional groups attached to an aromatic ring is 1. The number of aromatic nitrogens is 2. The highest BCUT2D eigenvalue weighted by atomic mass is 16.3. The second-order valence-corrected chi connectivity index (χ2v) is 4.63. The lowest BCUT2D eigenvalue weighted by molar-refractivity contribution is 0.579. The van der Waals surface area contributed by atoms with Gasteiger partial charge in [-0.15, -0.1) is 0 Å². The number of aryl methyl sites for hydroxylation is 2. The number of hydrogen-bond donors (Lipinski definition) is 1. The third kappa shape index (κ3) is 2.01. The third-order valence-electron chi connectivity index (χ3n) is 3.09. The van der Waals surface area contributed by atoms with Crippen molar-refractivity contribution in [1.82, 2.24) is 9.78 Å². The van der Waals surface area contributed by atoms with E-state index < -0.39 is 0 Å². The summed E-state index contributed by atoms with van der Waals surface area (Å²) in [5.41, 5.74) is 10.1. The molecule has 2 N–H and O–H groups in total. The van der Waals surface area contributed by atoms with Crippen molar-refractivity contribution in [2.24, 2.45) is 0 Å². The summed E-state index contributed by atoms with van der Waals surface area (Å²) >= 11 is 0. The number of nitrogens with two attached hydrogens (primary N) is 1. The molecule has 0 saturated carbocycles. The second-order valence-electron chi connectivity index (χ2n) is 4.63. The van der Waals surface area contributed by atoms with Crippen LogP contribution in [0.25, 0.3) is 17.1 Å². The smallest absolute Gasteiger partial charge is 0.154 e. The van der Waals surface area contributed by atoms with E-state index in [0.29, 0.717) is 5.82 Å². The number of anilines is 1. The van der Waals surface area contributed by atoms with Gasteiger partial charge in [-0.1, -0.05) is 17.7 Å². The normalized spacial score (nSPS) is 10.8. The first kappa shape index (κ1) is 11.6. The van der Waals surface area contributed by atoms with Crippen molar-refractivity contribution in [3.63, 3.8) is 0 Å². The van der Waals surface area contributed by atoms with E-state index in [1.54, 1.807) is 10.9 Å². The summed E-state index contributed by atoms with van der Waals surface area (Å²) < 4.78 is 7.08. The van der Waals surface area contributed by atoms with Gasteiger partial charge >= 0.3 is 0 Å². The van der Waals surface area contributed by atoms with Crippen molar-refractivity contribution in [2.75, 3.05) is 5.73 Å². The Labute approximate surface area is 111 Å². The van der Waals surface area contributed by atoms with Gasteiger partial charge < -0.3 is 10.2 Å². The molecule has 0 fully saturated rings. The maximum atomic E-state index is 6.05. The van der Waals surface area contributed by atoms with Crippen LogP contribution in [0, 0.1) is 13.8 Å². The largest absolute Gasteiger partial charge is 0.463 e. The van der Waals surface area contributed by atoms with Crippen molar-refractivity contribution < 1.29 is 4.42 Å². The zero-order chi connectivity index (χ0) is 13.4. The Morgan fingerprint density at radius 1 is 1.16 bits per heavy atom. The van der Waals surface area contributed by atoms with Gasteiger partial charge in [0.25, 0.3) is 0 Å². The van der Waals surface area contributed by atoms with E-state index in [1.807, 2.05) is 24.3 Å². The minimum atomic E-state index is 0.596. The molecule has 96 valence electrons. The molecule has 3 rings (SSSR count). The third-order valence-corrected chi connectivity index (χ3v) is 3.09. The fourth-order valence-electron chi connectivity index (χ4n) is 2.18. The van der Waals surface area contributed by atoms with Gasteiger partial charge in [0.15, 0.2) is 5.76 Å². The van der Waals surface area contributed by atoms with Gasteiger partial charge in [0, 0.05) is 6.07 Å². The molecule has 0 atom stereocenters. The summed E-state index contributed by atoms with van der Waals surface area (Å²) in [6, 6.07) is 11.7. The monoisotopic (exact) mass is 253 g/mol. The number of hydrogen-bond acceptors (Lipinski definition) is 3. The van der Waals surface area contributed by atoms with Crippen LogP contribution in [-0.2, 0) is 0 Å². The van der Waals surface area contributed by atoms with Gasteiger partial charge in [-0.05, 0) is 37.6 Å². The summed E-state index contributed by atoms with van der Waals surface area (Å²) in [6.07, 6.45) is 1.63. The molecule has 0 bridgehead atoms. The van der Waals surface area contributed by atoms with Gasteiger partial charge in [0.2, 0.25) is 0 Å². The summed E-state index contributed by atoms with van der Waals surface area (Å²) in [5, 5.41) is 4.51. The zero-order valence-corrected chi connectivity index (χ0v) is 10.9. The highest BCUT2D eigenvalue weighted by Gasteiger charge is 2.12. The summed E-state index contributed by atoms with van der Waals surface area (Å²) in [5.74, 6) is 1.31. The predicted molar refractivity (Wildman–Crippen MR) is 75.2 cm³/mol. The van der Waals surface area contributed by atoms with Gasteiger partial charge in [-0.3, -0.25) is 0 Å². The fourth-order valence-corrected chi connectivity index (χ4v) is 2.18. The fraction of sp³-hybridized carbons (Fsp3) is 0.133.